The SMILES string of the molecule is O=S(=O)(NCCc1nnc(-c2ccccn2)o1)c1ccc(Cl)cc1. The van der Waals surface area contributed by atoms with Gasteiger partial charge in [-0.05, 0) is 36.4 Å². The molecule has 0 fully saturated rings. The third kappa shape index (κ3) is 3.97. The predicted molar refractivity (Wildman–Crippen MR) is 87.9 cm³/mol. The second-order valence-electron chi connectivity index (χ2n) is 4.82. The molecule has 1 N–H and O–H groups in total. The Morgan fingerprint density at radius 2 is 1.88 bits per heavy atom. The van der Waals surface area contributed by atoms with Crippen LogP contribution in [0.5, 0.6) is 0 Å². The molecule has 0 spiro atoms. The molecule has 124 valence electrons. The Morgan fingerprint density at radius 1 is 1.08 bits per heavy atom. The fourth-order valence-corrected chi connectivity index (χ4v) is 3.09. The first kappa shape index (κ1) is 16.6. The van der Waals surface area contributed by atoms with E-state index in [2.05, 4.69) is 19.9 Å². The molecule has 0 amide bonds. The van der Waals surface area contributed by atoms with E-state index < -0.39 is 10.0 Å². The van der Waals surface area contributed by atoms with Crippen molar-refractivity contribution in [2.45, 2.75) is 11.3 Å². The second-order valence-corrected chi connectivity index (χ2v) is 7.02. The van der Waals surface area contributed by atoms with E-state index in [1.807, 2.05) is 6.07 Å². The van der Waals surface area contributed by atoms with Gasteiger partial charge < -0.3 is 4.42 Å². The van der Waals surface area contributed by atoms with Crippen LogP contribution in [0.25, 0.3) is 11.6 Å². The van der Waals surface area contributed by atoms with Crippen molar-refractivity contribution in [2.75, 3.05) is 6.54 Å². The summed E-state index contributed by atoms with van der Waals surface area (Å²) in [6.45, 7) is 0.134. The van der Waals surface area contributed by atoms with Crippen LogP contribution in [0.4, 0.5) is 0 Å². The highest BCUT2D eigenvalue weighted by Gasteiger charge is 2.14. The van der Waals surface area contributed by atoms with Crippen molar-refractivity contribution in [3.63, 3.8) is 0 Å². The molecule has 2 aromatic heterocycles. The smallest absolute Gasteiger partial charge is 0.266 e. The van der Waals surface area contributed by atoms with Crippen LogP contribution in [-0.2, 0) is 16.4 Å². The molecule has 0 saturated heterocycles. The average molecular weight is 365 g/mol. The van der Waals surface area contributed by atoms with Gasteiger partial charge in [0, 0.05) is 24.2 Å². The Hall–Kier alpha value is -2.29. The summed E-state index contributed by atoms with van der Waals surface area (Å²) in [4.78, 5) is 4.26. The van der Waals surface area contributed by atoms with Gasteiger partial charge in [0.25, 0.3) is 5.89 Å². The van der Waals surface area contributed by atoms with Gasteiger partial charge in [-0.2, -0.15) is 0 Å². The molecule has 3 aromatic rings. The zero-order valence-corrected chi connectivity index (χ0v) is 14.0. The summed E-state index contributed by atoms with van der Waals surface area (Å²) in [5, 5.41) is 8.26. The normalized spacial score (nSPS) is 11.5. The van der Waals surface area contributed by atoms with Gasteiger partial charge >= 0.3 is 0 Å². The summed E-state index contributed by atoms with van der Waals surface area (Å²) in [5.41, 5.74) is 0.568. The molecule has 7 nitrogen and oxygen atoms in total. The van der Waals surface area contributed by atoms with E-state index in [1.165, 1.54) is 24.3 Å². The van der Waals surface area contributed by atoms with Crippen molar-refractivity contribution in [3.05, 3.63) is 59.6 Å². The maximum Gasteiger partial charge on any atom is 0.266 e. The molecule has 0 aliphatic heterocycles. The molecule has 0 atom stereocenters. The van der Waals surface area contributed by atoms with Gasteiger partial charge in [0.2, 0.25) is 15.9 Å². The molecule has 24 heavy (non-hydrogen) atoms. The highest BCUT2D eigenvalue weighted by Crippen LogP contribution is 2.15. The Bertz CT molecular complexity index is 911. The number of sulfonamides is 1. The maximum atomic E-state index is 12.1. The van der Waals surface area contributed by atoms with E-state index in [0.717, 1.165) is 0 Å². The van der Waals surface area contributed by atoms with E-state index in [9.17, 15) is 8.42 Å². The van der Waals surface area contributed by atoms with Crippen molar-refractivity contribution in [1.29, 1.82) is 0 Å². The van der Waals surface area contributed by atoms with Gasteiger partial charge in [-0.25, -0.2) is 13.1 Å². The first-order valence-corrected chi connectivity index (χ1v) is 8.90. The summed E-state index contributed by atoms with van der Waals surface area (Å²) in [5.74, 6) is 0.626. The van der Waals surface area contributed by atoms with Crippen molar-refractivity contribution >= 4 is 21.6 Å². The van der Waals surface area contributed by atoms with Crippen molar-refractivity contribution in [1.82, 2.24) is 19.9 Å². The molecule has 1 aromatic carbocycles. The Balaban J connectivity index is 1.60. The van der Waals surface area contributed by atoms with E-state index in [0.29, 0.717) is 22.5 Å². The zero-order valence-electron chi connectivity index (χ0n) is 12.4. The fourth-order valence-electron chi connectivity index (χ4n) is 1.94. The minimum absolute atomic E-state index is 0.134. The van der Waals surface area contributed by atoms with Crippen LogP contribution in [0.1, 0.15) is 5.89 Å². The first-order valence-electron chi connectivity index (χ1n) is 7.03. The number of hydrogen-bond donors (Lipinski definition) is 1. The van der Waals surface area contributed by atoms with Crippen LogP contribution in [0.2, 0.25) is 5.02 Å². The number of halogens is 1. The maximum absolute atomic E-state index is 12.1. The quantitative estimate of drug-likeness (QED) is 0.720. The van der Waals surface area contributed by atoms with Gasteiger partial charge in [0.15, 0.2) is 0 Å². The van der Waals surface area contributed by atoms with Crippen LogP contribution in [0.3, 0.4) is 0 Å². The van der Waals surface area contributed by atoms with Crippen LogP contribution >= 0.6 is 11.6 Å². The van der Waals surface area contributed by atoms with Crippen LogP contribution in [0.15, 0.2) is 58.0 Å². The standard InChI is InChI=1S/C15H13ClN4O3S/c16-11-4-6-12(7-5-11)24(21,22)18-10-8-14-19-20-15(23-14)13-3-1-2-9-17-13/h1-7,9,18H,8,10H2. The molecule has 9 heteroatoms. The van der Waals surface area contributed by atoms with E-state index in [4.69, 9.17) is 16.0 Å². The largest absolute Gasteiger partial charge is 0.419 e. The summed E-state index contributed by atoms with van der Waals surface area (Å²) >= 11 is 5.75. The number of nitrogens with one attached hydrogen (secondary N) is 1. The average Bonchev–Trinajstić information content (AvgIpc) is 3.05. The minimum Gasteiger partial charge on any atom is -0.419 e. The molecule has 0 saturated carbocycles. The van der Waals surface area contributed by atoms with Gasteiger partial charge in [-0.1, -0.05) is 17.7 Å². The van der Waals surface area contributed by atoms with Crippen LogP contribution < -0.4 is 4.72 Å². The Labute approximate surface area is 143 Å². The number of pyridine rings is 1. The molecular formula is C15H13ClN4O3S. The molecule has 0 radical (unpaired) electrons. The molecule has 0 aliphatic carbocycles. The monoisotopic (exact) mass is 364 g/mol. The third-order valence-corrected chi connectivity index (χ3v) is 4.83. The predicted octanol–water partition coefficient (Wildman–Crippen LogP) is 2.31. The van der Waals surface area contributed by atoms with Gasteiger partial charge in [0.05, 0.1) is 4.90 Å². The zero-order chi connectivity index (χ0) is 17.0. The summed E-state index contributed by atoms with van der Waals surface area (Å²) in [6, 6.07) is 11.3. The molecule has 0 bridgehead atoms. The molecule has 3 rings (SSSR count). The van der Waals surface area contributed by atoms with E-state index >= 15 is 0 Å². The topological polar surface area (TPSA) is 98.0 Å². The van der Waals surface area contributed by atoms with Gasteiger partial charge in [-0.15, -0.1) is 10.2 Å². The van der Waals surface area contributed by atoms with Crippen molar-refractivity contribution < 1.29 is 12.8 Å². The summed E-state index contributed by atoms with van der Waals surface area (Å²) in [6.07, 6.45) is 1.89. The second kappa shape index (κ2) is 7.08. The highest BCUT2D eigenvalue weighted by molar-refractivity contribution is 7.89. The minimum atomic E-state index is -3.60. The number of hydrogen-bond acceptors (Lipinski definition) is 6. The van der Waals surface area contributed by atoms with E-state index in [-0.39, 0.29) is 17.9 Å². The molecule has 2 heterocycles. The van der Waals surface area contributed by atoms with Crippen LogP contribution in [0, 0.1) is 0 Å². The Kier molecular flexibility index (Phi) is 4.89. The molecule has 0 aliphatic rings. The van der Waals surface area contributed by atoms with Crippen molar-refractivity contribution in [3.8, 4) is 11.6 Å². The third-order valence-electron chi connectivity index (χ3n) is 3.11. The lowest BCUT2D eigenvalue weighted by Crippen LogP contribution is -2.26. The van der Waals surface area contributed by atoms with Gasteiger partial charge in [0.1, 0.15) is 5.69 Å². The highest BCUT2D eigenvalue weighted by atomic mass is 35.5. The lowest BCUT2D eigenvalue weighted by Gasteiger charge is -2.05. The Morgan fingerprint density at radius 3 is 2.58 bits per heavy atom. The fraction of sp³-hybridized carbons (Fsp3) is 0.133. The molecular weight excluding hydrogens is 352 g/mol. The lowest BCUT2D eigenvalue weighted by molar-refractivity contribution is 0.500. The van der Waals surface area contributed by atoms with Gasteiger partial charge in [-0.3, -0.25) is 4.98 Å². The first-order chi connectivity index (χ1) is 11.5. The summed E-state index contributed by atoms with van der Waals surface area (Å²) < 4.78 is 32.2. The lowest BCUT2D eigenvalue weighted by atomic mass is 10.3. The molecule has 0 unspecified atom stereocenters. The van der Waals surface area contributed by atoms with E-state index in [1.54, 1.807) is 18.3 Å². The number of nitrogens with zero attached hydrogens (tertiary/aromatic N) is 3. The number of aromatic nitrogens is 3. The number of rotatable bonds is 6. The van der Waals surface area contributed by atoms with Crippen molar-refractivity contribution in [2.24, 2.45) is 0 Å². The summed E-state index contributed by atoms with van der Waals surface area (Å²) in [7, 11) is -3.60. The van der Waals surface area contributed by atoms with Crippen LogP contribution in [-0.4, -0.2) is 30.1 Å². The number of benzene rings is 1.